The molecule has 3 aliphatic rings. The van der Waals surface area contributed by atoms with E-state index >= 15 is 0 Å². The number of fused-ring (bicyclic) bond motifs is 2. The molecule has 2 atom stereocenters. The van der Waals surface area contributed by atoms with Gasteiger partial charge in [-0.1, -0.05) is 13.8 Å². The molecule has 3 aliphatic heterocycles. The van der Waals surface area contributed by atoms with E-state index in [1.165, 1.54) is 0 Å². The van der Waals surface area contributed by atoms with Gasteiger partial charge in [0.25, 0.3) is 5.91 Å². The lowest BCUT2D eigenvalue weighted by molar-refractivity contribution is 0.0291. The Morgan fingerprint density at radius 3 is 2.70 bits per heavy atom. The van der Waals surface area contributed by atoms with E-state index < -0.39 is 9.84 Å². The molecule has 0 aliphatic carbocycles. The highest BCUT2D eigenvalue weighted by atomic mass is 32.2. The van der Waals surface area contributed by atoms with E-state index in [0.29, 0.717) is 31.2 Å². The largest absolute Gasteiger partial charge is 0.330 e. The minimum Gasteiger partial charge on any atom is -0.330 e. The van der Waals surface area contributed by atoms with Crippen LogP contribution in [0.5, 0.6) is 0 Å². The van der Waals surface area contributed by atoms with Crippen molar-refractivity contribution in [2.45, 2.75) is 38.9 Å². The molecule has 8 nitrogen and oxygen atoms in total. The van der Waals surface area contributed by atoms with E-state index in [9.17, 15) is 13.2 Å². The van der Waals surface area contributed by atoms with Gasteiger partial charge in [-0.25, -0.2) is 8.42 Å². The molecule has 4 rings (SSSR count). The van der Waals surface area contributed by atoms with E-state index in [0.717, 1.165) is 30.8 Å². The first kappa shape index (κ1) is 18.9. The maximum absolute atomic E-state index is 13.3. The number of hydrogen-bond donors (Lipinski definition) is 1. The second-order valence-electron chi connectivity index (χ2n) is 8.62. The van der Waals surface area contributed by atoms with Crippen LogP contribution in [-0.4, -0.2) is 96.0 Å². The average molecular weight is 396 g/mol. The summed E-state index contributed by atoms with van der Waals surface area (Å²) in [6.45, 7) is 8.06. The third-order valence-corrected chi connectivity index (χ3v) is 7.68. The fourth-order valence-electron chi connectivity index (χ4n) is 4.72. The molecule has 0 unspecified atom stereocenters. The van der Waals surface area contributed by atoms with Crippen molar-refractivity contribution in [2.75, 3.05) is 44.7 Å². The minimum absolute atomic E-state index is 0.0600. The van der Waals surface area contributed by atoms with Gasteiger partial charge in [0.2, 0.25) is 0 Å². The van der Waals surface area contributed by atoms with Crippen LogP contribution in [0.3, 0.4) is 0 Å². The Labute approximate surface area is 160 Å². The molecule has 150 valence electrons. The summed E-state index contributed by atoms with van der Waals surface area (Å²) in [6.07, 6.45) is 0.856. The highest BCUT2D eigenvalue weighted by molar-refractivity contribution is 7.91. The molecular weight excluding hydrogens is 366 g/mol. The van der Waals surface area contributed by atoms with E-state index in [1.54, 1.807) is 4.90 Å². The molecule has 1 aromatic heterocycles. The van der Waals surface area contributed by atoms with Crippen LogP contribution in [0.1, 0.15) is 35.6 Å². The smallest absolute Gasteiger partial charge is 0.275 e. The van der Waals surface area contributed by atoms with Crippen molar-refractivity contribution in [3.05, 3.63) is 17.0 Å². The molecule has 0 radical (unpaired) electrons. The number of nitrogens with one attached hydrogen (secondary N) is 1. The normalized spacial score (nSPS) is 28.4. The molecular formula is C18H29N5O3S. The lowest BCUT2D eigenvalue weighted by Gasteiger charge is -2.44. The number of carbonyl (C=O) groups is 1. The maximum Gasteiger partial charge on any atom is 0.275 e. The van der Waals surface area contributed by atoms with Crippen molar-refractivity contribution in [2.24, 2.45) is 5.92 Å². The molecule has 27 heavy (non-hydrogen) atoms. The monoisotopic (exact) mass is 395 g/mol. The Morgan fingerprint density at radius 1 is 1.22 bits per heavy atom. The topological polar surface area (TPSA) is 89.6 Å². The molecule has 2 fully saturated rings. The summed E-state index contributed by atoms with van der Waals surface area (Å²) in [5, 5.41) is 7.34. The highest BCUT2D eigenvalue weighted by Gasteiger charge is 2.48. The summed E-state index contributed by atoms with van der Waals surface area (Å²) in [6, 6.07) is -0.379. The van der Waals surface area contributed by atoms with Gasteiger partial charge in [-0.15, -0.1) is 0 Å². The molecule has 0 aromatic carbocycles. The number of amides is 1. The maximum atomic E-state index is 13.3. The van der Waals surface area contributed by atoms with Crippen molar-refractivity contribution in [1.29, 1.82) is 0 Å². The quantitative estimate of drug-likeness (QED) is 0.774. The Morgan fingerprint density at radius 2 is 1.96 bits per heavy atom. The van der Waals surface area contributed by atoms with Crippen LogP contribution in [0, 0.1) is 5.92 Å². The Hall–Kier alpha value is -1.45. The van der Waals surface area contributed by atoms with Gasteiger partial charge in [-0.3, -0.25) is 14.8 Å². The zero-order valence-electron chi connectivity index (χ0n) is 16.3. The van der Waals surface area contributed by atoms with E-state index in [1.807, 2.05) is 7.05 Å². The molecule has 2 saturated heterocycles. The standard InChI is InChI=1S/C18H29N5O3S/c1-12(2)8-22-6-7-23(16-11-27(25,26)10-15(16)22)18(24)17-13-9-21(3)5-4-14(13)19-20-17/h12,15-16H,4-11H2,1-3H3,(H,19,20)/t15-,16+/m1/s1. The van der Waals surface area contributed by atoms with E-state index in [4.69, 9.17) is 0 Å². The van der Waals surface area contributed by atoms with Crippen molar-refractivity contribution < 1.29 is 13.2 Å². The lowest BCUT2D eigenvalue weighted by atomic mass is 10.0. The Balaban J connectivity index is 1.61. The summed E-state index contributed by atoms with van der Waals surface area (Å²) < 4.78 is 24.7. The molecule has 1 amide bonds. The van der Waals surface area contributed by atoms with Crippen LogP contribution in [0.2, 0.25) is 0 Å². The van der Waals surface area contributed by atoms with Gasteiger partial charge in [0.05, 0.1) is 17.5 Å². The van der Waals surface area contributed by atoms with Crippen molar-refractivity contribution >= 4 is 15.7 Å². The molecule has 0 saturated carbocycles. The first-order chi connectivity index (χ1) is 12.7. The number of nitrogens with zero attached hydrogens (tertiary/aromatic N) is 4. The number of aromatic nitrogens is 2. The van der Waals surface area contributed by atoms with Crippen LogP contribution >= 0.6 is 0 Å². The summed E-state index contributed by atoms with van der Waals surface area (Å²) in [5.74, 6) is 0.546. The van der Waals surface area contributed by atoms with Gasteiger partial charge < -0.3 is 9.80 Å². The van der Waals surface area contributed by atoms with Crippen LogP contribution in [0.4, 0.5) is 0 Å². The number of rotatable bonds is 3. The second kappa shape index (κ2) is 6.86. The third kappa shape index (κ3) is 3.52. The predicted octanol–water partition coefficient (Wildman–Crippen LogP) is -0.0230. The number of aromatic amines is 1. The van der Waals surface area contributed by atoms with Gasteiger partial charge in [0.15, 0.2) is 15.5 Å². The second-order valence-corrected chi connectivity index (χ2v) is 10.8. The summed E-state index contributed by atoms with van der Waals surface area (Å²) in [7, 11) is -1.09. The lowest BCUT2D eigenvalue weighted by Crippen LogP contribution is -2.61. The van der Waals surface area contributed by atoms with Crippen LogP contribution in [-0.2, 0) is 22.8 Å². The number of carbonyl (C=O) groups excluding carboxylic acids is 1. The van der Waals surface area contributed by atoms with Crippen LogP contribution < -0.4 is 0 Å². The number of H-pyrrole nitrogens is 1. The first-order valence-electron chi connectivity index (χ1n) is 9.75. The average Bonchev–Trinajstić information content (AvgIpc) is 3.13. The molecule has 9 heteroatoms. The minimum atomic E-state index is -3.13. The predicted molar refractivity (Wildman–Crippen MR) is 102 cm³/mol. The zero-order chi connectivity index (χ0) is 19.3. The number of piperazine rings is 1. The number of likely N-dealkylation sites (N-methyl/N-ethyl adjacent to an activating group) is 1. The fraction of sp³-hybridized carbons (Fsp3) is 0.778. The summed E-state index contributed by atoms with van der Waals surface area (Å²) in [5.41, 5.74) is 2.47. The molecule has 1 aromatic rings. The first-order valence-corrected chi connectivity index (χ1v) is 11.6. The van der Waals surface area contributed by atoms with Crippen molar-refractivity contribution in [3.8, 4) is 0 Å². The van der Waals surface area contributed by atoms with Gasteiger partial charge in [-0.05, 0) is 13.0 Å². The molecule has 0 bridgehead atoms. The van der Waals surface area contributed by atoms with Crippen LogP contribution in [0.25, 0.3) is 0 Å². The number of sulfone groups is 1. The van der Waals surface area contributed by atoms with Gasteiger partial charge in [0, 0.05) is 56.4 Å². The van der Waals surface area contributed by atoms with Crippen LogP contribution in [0.15, 0.2) is 0 Å². The third-order valence-electron chi connectivity index (χ3n) is 5.98. The molecule has 4 heterocycles. The SMILES string of the molecule is CC(C)CN1CCN(C(=O)c2n[nH]c3c2CN(C)CC3)[C@H]2CS(=O)(=O)C[C@H]21. The van der Waals surface area contributed by atoms with Crippen molar-refractivity contribution in [1.82, 2.24) is 24.9 Å². The molecule has 0 spiro atoms. The molecule has 1 N–H and O–H groups in total. The summed E-state index contributed by atoms with van der Waals surface area (Å²) in [4.78, 5) is 19.5. The van der Waals surface area contributed by atoms with E-state index in [2.05, 4.69) is 33.8 Å². The van der Waals surface area contributed by atoms with Gasteiger partial charge >= 0.3 is 0 Å². The van der Waals surface area contributed by atoms with Gasteiger partial charge in [-0.2, -0.15) is 5.10 Å². The van der Waals surface area contributed by atoms with Gasteiger partial charge in [0.1, 0.15) is 0 Å². The Bertz CT molecular complexity index is 834. The highest BCUT2D eigenvalue weighted by Crippen LogP contribution is 2.30. The Kier molecular flexibility index (Phi) is 4.80. The fourth-order valence-corrected chi connectivity index (χ4v) is 6.73. The number of hydrogen-bond acceptors (Lipinski definition) is 6. The van der Waals surface area contributed by atoms with Crippen molar-refractivity contribution in [3.63, 3.8) is 0 Å². The van der Waals surface area contributed by atoms with E-state index in [-0.39, 0.29) is 29.5 Å². The summed E-state index contributed by atoms with van der Waals surface area (Å²) >= 11 is 0. The zero-order valence-corrected chi connectivity index (χ0v) is 17.1.